The molecule has 118 valence electrons. The topological polar surface area (TPSA) is 113 Å². The molecule has 0 saturated heterocycles. The fourth-order valence-corrected chi connectivity index (χ4v) is 2.41. The molecule has 7 nitrogen and oxygen atoms in total. The van der Waals surface area contributed by atoms with E-state index in [1.807, 2.05) is 26.0 Å². The molecule has 0 saturated carbocycles. The van der Waals surface area contributed by atoms with Crippen molar-refractivity contribution in [2.75, 3.05) is 0 Å². The highest BCUT2D eigenvalue weighted by Crippen LogP contribution is 2.24. The molecule has 2 atom stereocenters. The third-order valence-electron chi connectivity index (χ3n) is 3.38. The van der Waals surface area contributed by atoms with Gasteiger partial charge in [-0.15, -0.1) is 0 Å². The van der Waals surface area contributed by atoms with Gasteiger partial charge in [-0.1, -0.05) is 11.2 Å². The standard InChI is InChI=1S/C15H18N2O5/c1-7-4-8(2)13-10(17-22-11(13)5-7)6-12(19)16-14(9(3)18)15(20)21/h4-5,9,14,18H,6H2,1-3H3,(H,16,19)(H,20,21). The number of fused-ring (bicyclic) bond motifs is 1. The number of carbonyl (C=O) groups excluding carboxylic acids is 1. The van der Waals surface area contributed by atoms with Crippen LogP contribution in [0, 0.1) is 13.8 Å². The molecule has 0 aliphatic heterocycles. The van der Waals surface area contributed by atoms with Crippen molar-refractivity contribution < 1.29 is 24.3 Å². The van der Waals surface area contributed by atoms with E-state index in [-0.39, 0.29) is 6.42 Å². The lowest BCUT2D eigenvalue weighted by Crippen LogP contribution is -2.48. The number of nitrogens with one attached hydrogen (secondary N) is 1. The van der Waals surface area contributed by atoms with Crippen molar-refractivity contribution in [1.82, 2.24) is 10.5 Å². The number of amides is 1. The minimum absolute atomic E-state index is 0.118. The number of hydrogen-bond acceptors (Lipinski definition) is 5. The van der Waals surface area contributed by atoms with Gasteiger partial charge in [-0.3, -0.25) is 4.79 Å². The number of carboxylic acid groups (broad SMARTS) is 1. The predicted octanol–water partition coefficient (Wildman–Crippen LogP) is 0.937. The van der Waals surface area contributed by atoms with E-state index in [0.717, 1.165) is 16.5 Å². The Morgan fingerprint density at radius 2 is 2.05 bits per heavy atom. The first kappa shape index (κ1) is 16.0. The molecule has 0 aliphatic carbocycles. The zero-order chi connectivity index (χ0) is 16.4. The first-order valence-corrected chi connectivity index (χ1v) is 6.85. The second kappa shape index (κ2) is 6.15. The predicted molar refractivity (Wildman–Crippen MR) is 78.4 cm³/mol. The molecule has 2 unspecified atom stereocenters. The molecule has 2 aromatic rings. The molecule has 0 spiro atoms. The summed E-state index contributed by atoms with van der Waals surface area (Å²) in [6.07, 6.45) is -1.31. The van der Waals surface area contributed by atoms with Crippen LogP contribution in [0.15, 0.2) is 16.7 Å². The van der Waals surface area contributed by atoms with Crippen molar-refractivity contribution in [3.05, 3.63) is 29.0 Å². The Labute approximate surface area is 126 Å². The highest BCUT2D eigenvalue weighted by atomic mass is 16.5. The Kier molecular flexibility index (Phi) is 4.46. The number of carboxylic acids is 1. The first-order chi connectivity index (χ1) is 10.3. The van der Waals surface area contributed by atoms with E-state index in [4.69, 9.17) is 9.63 Å². The van der Waals surface area contributed by atoms with Crippen LogP contribution in [0.25, 0.3) is 11.0 Å². The minimum Gasteiger partial charge on any atom is -0.480 e. The Morgan fingerprint density at radius 1 is 1.36 bits per heavy atom. The molecular weight excluding hydrogens is 288 g/mol. The smallest absolute Gasteiger partial charge is 0.328 e. The summed E-state index contributed by atoms with van der Waals surface area (Å²) in [7, 11) is 0. The Bertz CT molecular complexity index is 720. The average molecular weight is 306 g/mol. The van der Waals surface area contributed by atoms with Crippen molar-refractivity contribution >= 4 is 22.8 Å². The average Bonchev–Trinajstić information content (AvgIpc) is 2.78. The highest BCUT2D eigenvalue weighted by Gasteiger charge is 2.25. The fourth-order valence-electron chi connectivity index (χ4n) is 2.41. The van der Waals surface area contributed by atoms with E-state index in [1.54, 1.807) is 0 Å². The molecule has 0 radical (unpaired) electrons. The summed E-state index contributed by atoms with van der Waals surface area (Å²) in [6, 6.07) is 2.43. The summed E-state index contributed by atoms with van der Waals surface area (Å²) in [6.45, 7) is 5.13. The Balaban J connectivity index is 2.21. The van der Waals surface area contributed by atoms with Crippen LogP contribution in [0.5, 0.6) is 0 Å². The van der Waals surface area contributed by atoms with E-state index in [9.17, 15) is 14.7 Å². The summed E-state index contributed by atoms with van der Waals surface area (Å²) < 4.78 is 5.22. The zero-order valence-corrected chi connectivity index (χ0v) is 12.6. The van der Waals surface area contributed by atoms with Crippen LogP contribution in [0.3, 0.4) is 0 Å². The van der Waals surface area contributed by atoms with Gasteiger partial charge in [0.05, 0.1) is 12.5 Å². The van der Waals surface area contributed by atoms with Crippen LogP contribution in [-0.2, 0) is 16.0 Å². The largest absolute Gasteiger partial charge is 0.480 e. The quantitative estimate of drug-likeness (QED) is 0.757. The second-order valence-corrected chi connectivity index (χ2v) is 5.39. The van der Waals surface area contributed by atoms with E-state index < -0.39 is 24.0 Å². The highest BCUT2D eigenvalue weighted by molar-refractivity contribution is 5.90. The summed E-state index contributed by atoms with van der Waals surface area (Å²) in [4.78, 5) is 23.0. The molecule has 2 rings (SSSR count). The number of aliphatic carboxylic acids is 1. The number of aliphatic hydroxyl groups excluding tert-OH is 1. The number of aliphatic hydroxyl groups is 1. The van der Waals surface area contributed by atoms with Crippen LogP contribution >= 0.6 is 0 Å². The van der Waals surface area contributed by atoms with Gasteiger partial charge in [0.2, 0.25) is 5.91 Å². The zero-order valence-electron chi connectivity index (χ0n) is 12.6. The monoisotopic (exact) mass is 306 g/mol. The van der Waals surface area contributed by atoms with Crippen molar-refractivity contribution in [2.24, 2.45) is 0 Å². The maximum absolute atomic E-state index is 12.0. The van der Waals surface area contributed by atoms with Gasteiger partial charge in [0, 0.05) is 5.39 Å². The maximum Gasteiger partial charge on any atom is 0.328 e. The number of benzene rings is 1. The number of rotatable bonds is 5. The van der Waals surface area contributed by atoms with Gasteiger partial charge < -0.3 is 20.1 Å². The normalized spacial score (nSPS) is 13.8. The van der Waals surface area contributed by atoms with Crippen molar-refractivity contribution in [2.45, 2.75) is 39.3 Å². The van der Waals surface area contributed by atoms with Crippen LogP contribution in [0.1, 0.15) is 23.7 Å². The van der Waals surface area contributed by atoms with Gasteiger partial charge in [0.25, 0.3) is 0 Å². The molecule has 1 amide bonds. The fraction of sp³-hybridized carbons (Fsp3) is 0.400. The molecule has 3 N–H and O–H groups in total. The molecule has 0 bridgehead atoms. The lowest BCUT2D eigenvalue weighted by Gasteiger charge is -2.16. The molecular formula is C15H18N2O5. The number of aryl methyl sites for hydroxylation is 2. The van der Waals surface area contributed by atoms with E-state index in [0.29, 0.717) is 11.3 Å². The first-order valence-electron chi connectivity index (χ1n) is 6.85. The Hall–Kier alpha value is -2.41. The van der Waals surface area contributed by atoms with E-state index in [2.05, 4.69) is 10.5 Å². The van der Waals surface area contributed by atoms with Crippen molar-refractivity contribution in [3.63, 3.8) is 0 Å². The molecule has 1 aromatic heterocycles. The summed E-state index contributed by atoms with van der Waals surface area (Å²) >= 11 is 0. The number of hydrogen-bond donors (Lipinski definition) is 3. The third-order valence-corrected chi connectivity index (χ3v) is 3.38. The summed E-state index contributed by atoms with van der Waals surface area (Å²) in [5.41, 5.74) is 2.99. The van der Waals surface area contributed by atoms with Gasteiger partial charge in [0.15, 0.2) is 11.6 Å². The van der Waals surface area contributed by atoms with Crippen LogP contribution < -0.4 is 5.32 Å². The van der Waals surface area contributed by atoms with Gasteiger partial charge in [0.1, 0.15) is 5.69 Å². The van der Waals surface area contributed by atoms with E-state index >= 15 is 0 Å². The van der Waals surface area contributed by atoms with Crippen LogP contribution in [0.4, 0.5) is 0 Å². The number of aromatic nitrogens is 1. The SMILES string of the molecule is Cc1cc(C)c2c(CC(=O)NC(C(=O)O)C(C)O)noc2c1. The van der Waals surface area contributed by atoms with Crippen LogP contribution in [-0.4, -0.2) is 39.4 Å². The lowest BCUT2D eigenvalue weighted by molar-refractivity contribution is -0.144. The molecule has 7 heteroatoms. The second-order valence-electron chi connectivity index (χ2n) is 5.39. The van der Waals surface area contributed by atoms with Gasteiger partial charge in [-0.25, -0.2) is 4.79 Å². The molecule has 1 aromatic carbocycles. The third kappa shape index (κ3) is 3.25. The molecule has 1 heterocycles. The van der Waals surface area contributed by atoms with Crippen molar-refractivity contribution in [1.29, 1.82) is 0 Å². The molecule has 0 fully saturated rings. The molecule has 22 heavy (non-hydrogen) atoms. The summed E-state index contributed by atoms with van der Waals surface area (Å²) in [5, 5.41) is 25.3. The van der Waals surface area contributed by atoms with E-state index in [1.165, 1.54) is 6.92 Å². The van der Waals surface area contributed by atoms with Gasteiger partial charge >= 0.3 is 5.97 Å². The number of nitrogens with zero attached hydrogens (tertiary/aromatic N) is 1. The number of carbonyl (C=O) groups is 2. The summed E-state index contributed by atoms with van der Waals surface area (Å²) in [5.74, 6) is -1.83. The van der Waals surface area contributed by atoms with Crippen LogP contribution in [0.2, 0.25) is 0 Å². The molecule has 0 aliphatic rings. The lowest BCUT2D eigenvalue weighted by atomic mass is 10.0. The van der Waals surface area contributed by atoms with Gasteiger partial charge in [-0.2, -0.15) is 0 Å². The van der Waals surface area contributed by atoms with Gasteiger partial charge in [-0.05, 0) is 38.0 Å². The maximum atomic E-state index is 12.0. The Morgan fingerprint density at radius 3 is 2.64 bits per heavy atom. The minimum atomic E-state index is -1.35. The van der Waals surface area contributed by atoms with Crippen molar-refractivity contribution in [3.8, 4) is 0 Å².